The molecule has 1 unspecified atom stereocenters. The van der Waals surface area contributed by atoms with Crippen LogP contribution in [0.3, 0.4) is 0 Å². The molecule has 1 aromatic rings. The Hall–Kier alpha value is -2.83. The van der Waals surface area contributed by atoms with Crippen LogP contribution in [0.5, 0.6) is 5.75 Å². The van der Waals surface area contributed by atoms with Crippen molar-refractivity contribution in [1.82, 2.24) is 0 Å². The first-order chi connectivity index (χ1) is 18.4. The normalized spacial score (nSPS) is 17.7. The summed E-state index contributed by atoms with van der Waals surface area (Å²) in [5, 5.41) is 0. The smallest absolute Gasteiger partial charge is 0.338 e. The molecule has 7 nitrogen and oxygen atoms in total. The van der Waals surface area contributed by atoms with Crippen LogP contribution in [-0.4, -0.2) is 43.8 Å². The zero-order chi connectivity index (χ0) is 27.6. The van der Waals surface area contributed by atoms with E-state index < -0.39 is 0 Å². The van der Waals surface area contributed by atoms with E-state index in [4.69, 9.17) is 18.9 Å². The molecular weight excluding hydrogens is 484 g/mol. The van der Waals surface area contributed by atoms with Crippen molar-refractivity contribution in [2.75, 3.05) is 19.8 Å². The molecule has 1 fully saturated rings. The van der Waals surface area contributed by atoms with Crippen LogP contribution >= 0.6 is 0 Å². The van der Waals surface area contributed by atoms with Crippen LogP contribution < -0.4 is 4.74 Å². The monoisotopic (exact) mass is 530 g/mol. The SMILES string of the molecule is C=CC(=O)OCCCCCCOc1ccc(C(=O)OC2CCC(C(CCC)CCCOC(C)=O)CC2)cc1. The van der Waals surface area contributed by atoms with Crippen molar-refractivity contribution in [2.45, 2.75) is 97.0 Å². The highest BCUT2D eigenvalue weighted by molar-refractivity contribution is 5.89. The number of ether oxygens (including phenoxy) is 4. The molecule has 0 radical (unpaired) electrons. The summed E-state index contributed by atoms with van der Waals surface area (Å²) >= 11 is 0. The first-order valence-corrected chi connectivity index (χ1v) is 14.3. The molecule has 0 amide bonds. The Bertz CT molecular complexity index is 840. The van der Waals surface area contributed by atoms with Crippen LogP contribution in [0.25, 0.3) is 0 Å². The van der Waals surface area contributed by atoms with Crippen molar-refractivity contribution in [3.8, 4) is 5.75 Å². The summed E-state index contributed by atoms with van der Waals surface area (Å²) < 4.78 is 21.7. The van der Waals surface area contributed by atoms with Crippen LogP contribution in [0.15, 0.2) is 36.9 Å². The predicted molar refractivity (Wildman–Crippen MR) is 147 cm³/mol. The van der Waals surface area contributed by atoms with Gasteiger partial charge in [0.25, 0.3) is 0 Å². The Morgan fingerprint density at radius 3 is 2.18 bits per heavy atom. The van der Waals surface area contributed by atoms with Crippen LogP contribution in [0.2, 0.25) is 0 Å². The molecule has 1 aliphatic rings. The lowest BCUT2D eigenvalue weighted by molar-refractivity contribution is -0.141. The third-order valence-electron chi connectivity index (χ3n) is 7.15. The molecule has 38 heavy (non-hydrogen) atoms. The maximum absolute atomic E-state index is 12.7. The lowest BCUT2D eigenvalue weighted by Gasteiger charge is -2.33. The quantitative estimate of drug-likeness (QED) is 0.0889. The largest absolute Gasteiger partial charge is 0.494 e. The molecule has 1 aromatic carbocycles. The highest BCUT2D eigenvalue weighted by Crippen LogP contribution is 2.36. The molecule has 0 aromatic heterocycles. The molecular formula is C31H46O7. The van der Waals surface area contributed by atoms with Gasteiger partial charge in [-0.3, -0.25) is 4.79 Å². The van der Waals surface area contributed by atoms with Crippen LogP contribution in [0, 0.1) is 11.8 Å². The van der Waals surface area contributed by atoms with Crippen molar-refractivity contribution < 1.29 is 33.3 Å². The summed E-state index contributed by atoms with van der Waals surface area (Å²) in [5.41, 5.74) is 0.544. The van der Waals surface area contributed by atoms with E-state index in [9.17, 15) is 14.4 Å². The molecule has 1 saturated carbocycles. The van der Waals surface area contributed by atoms with Crippen LogP contribution in [-0.2, 0) is 23.8 Å². The first-order valence-electron chi connectivity index (χ1n) is 14.3. The van der Waals surface area contributed by atoms with Gasteiger partial charge in [0.05, 0.1) is 25.4 Å². The van der Waals surface area contributed by atoms with Gasteiger partial charge in [0.1, 0.15) is 11.9 Å². The second-order valence-corrected chi connectivity index (χ2v) is 10.1. The Morgan fingerprint density at radius 1 is 0.895 bits per heavy atom. The maximum Gasteiger partial charge on any atom is 0.338 e. The van der Waals surface area contributed by atoms with E-state index in [1.54, 1.807) is 12.1 Å². The van der Waals surface area contributed by atoms with E-state index in [1.807, 2.05) is 12.1 Å². The van der Waals surface area contributed by atoms with Crippen molar-refractivity contribution in [3.05, 3.63) is 42.5 Å². The number of carbonyl (C=O) groups is 3. The van der Waals surface area contributed by atoms with Gasteiger partial charge in [0.2, 0.25) is 0 Å². The maximum atomic E-state index is 12.7. The standard InChI is InChI=1S/C31H46O7/c1-4-11-25(12-10-23-35-24(3)32)26-13-19-29(20-14-26)38-31(34)27-15-17-28(18-16-27)36-21-8-6-7-9-22-37-30(33)5-2/h5,15-18,25-26,29H,2,4,6-14,19-23H2,1,3H3. The third-order valence-corrected chi connectivity index (χ3v) is 7.15. The lowest BCUT2D eigenvalue weighted by Crippen LogP contribution is -2.28. The van der Waals surface area contributed by atoms with Gasteiger partial charge in [-0.15, -0.1) is 0 Å². The summed E-state index contributed by atoms with van der Waals surface area (Å²) in [7, 11) is 0. The minimum atomic E-state index is -0.380. The molecule has 1 atom stereocenters. The van der Waals surface area contributed by atoms with E-state index in [-0.39, 0.29) is 24.0 Å². The highest BCUT2D eigenvalue weighted by atomic mass is 16.5. The van der Waals surface area contributed by atoms with E-state index >= 15 is 0 Å². The van der Waals surface area contributed by atoms with Gasteiger partial charge in [0.15, 0.2) is 0 Å². The van der Waals surface area contributed by atoms with E-state index in [1.165, 1.54) is 19.4 Å². The second-order valence-electron chi connectivity index (χ2n) is 10.1. The molecule has 0 bridgehead atoms. The molecule has 0 N–H and O–H groups in total. The zero-order valence-corrected chi connectivity index (χ0v) is 23.3. The van der Waals surface area contributed by atoms with E-state index in [2.05, 4.69) is 13.5 Å². The van der Waals surface area contributed by atoms with Gasteiger partial charge in [-0.1, -0.05) is 26.3 Å². The van der Waals surface area contributed by atoms with Crippen LogP contribution in [0.1, 0.15) is 101 Å². The van der Waals surface area contributed by atoms with Gasteiger partial charge >= 0.3 is 17.9 Å². The van der Waals surface area contributed by atoms with E-state index in [0.29, 0.717) is 37.2 Å². The zero-order valence-electron chi connectivity index (χ0n) is 23.3. The fourth-order valence-corrected chi connectivity index (χ4v) is 5.11. The van der Waals surface area contributed by atoms with E-state index in [0.717, 1.165) is 76.4 Å². The average Bonchev–Trinajstić information content (AvgIpc) is 2.92. The highest BCUT2D eigenvalue weighted by Gasteiger charge is 2.29. The summed E-state index contributed by atoms with van der Waals surface area (Å²) in [6, 6.07) is 7.15. The first kappa shape index (κ1) is 31.4. The topological polar surface area (TPSA) is 88.1 Å². The third kappa shape index (κ3) is 12.6. The minimum absolute atomic E-state index is 0.0294. The summed E-state index contributed by atoms with van der Waals surface area (Å²) in [4.78, 5) is 34.6. The minimum Gasteiger partial charge on any atom is -0.494 e. The number of rotatable bonds is 18. The lowest BCUT2D eigenvalue weighted by atomic mass is 9.75. The van der Waals surface area contributed by atoms with Gasteiger partial charge in [-0.25, -0.2) is 9.59 Å². The molecule has 212 valence electrons. The van der Waals surface area contributed by atoms with Gasteiger partial charge < -0.3 is 18.9 Å². The molecule has 0 spiro atoms. The molecule has 0 aliphatic heterocycles. The molecule has 7 heteroatoms. The molecule has 2 rings (SSSR count). The second kappa shape index (κ2) is 18.4. The predicted octanol–water partition coefficient (Wildman–Crippen LogP) is 6.83. The van der Waals surface area contributed by atoms with Gasteiger partial charge in [-0.05, 0) is 100 Å². The van der Waals surface area contributed by atoms with Gasteiger partial charge in [-0.2, -0.15) is 0 Å². The van der Waals surface area contributed by atoms with Crippen molar-refractivity contribution in [1.29, 1.82) is 0 Å². The summed E-state index contributed by atoms with van der Waals surface area (Å²) in [6.45, 7) is 8.56. The number of benzene rings is 1. The summed E-state index contributed by atoms with van der Waals surface area (Å²) in [6.07, 6.45) is 13.1. The number of esters is 3. The Morgan fingerprint density at radius 2 is 1.55 bits per heavy atom. The van der Waals surface area contributed by atoms with Crippen molar-refractivity contribution >= 4 is 17.9 Å². The fourth-order valence-electron chi connectivity index (χ4n) is 5.11. The van der Waals surface area contributed by atoms with Crippen LogP contribution in [0.4, 0.5) is 0 Å². The Labute approximate surface area is 228 Å². The average molecular weight is 531 g/mol. The molecule has 0 saturated heterocycles. The van der Waals surface area contributed by atoms with Crippen molar-refractivity contribution in [2.24, 2.45) is 11.8 Å². The summed E-state index contributed by atoms with van der Waals surface area (Å²) in [5.74, 6) is 1.15. The fraction of sp³-hybridized carbons (Fsp3) is 0.645. The number of hydrogen-bond donors (Lipinski definition) is 0. The van der Waals surface area contributed by atoms with Crippen molar-refractivity contribution in [3.63, 3.8) is 0 Å². The molecule has 0 heterocycles. The Balaban J connectivity index is 1.64. The van der Waals surface area contributed by atoms with Gasteiger partial charge in [0, 0.05) is 13.0 Å². The number of hydrogen-bond acceptors (Lipinski definition) is 7. The molecule has 1 aliphatic carbocycles. The Kier molecular flexibility index (Phi) is 15.2. The number of unbranched alkanes of at least 4 members (excludes halogenated alkanes) is 3. The number of carbonyl (C=O) groups excluding carboxylic acids is 3.